The summed E-state index contributed by atoms with van der Waals surface area (Å²) in [4.78, 5) is 35.7. The number of aryl methyl sites for hydroxylation is 2. The van der Waals surface area contributed by atoms with Crippen molar-refractivity contribution in [3.63, 3.8) is 0 Å². The van der Waals surface area contributed by atoms with Gasteiger partial charge < -0.3 is 4.90 Å². The number of hydrogen-bond acceptors (Lipinski definition) is 4. The minimum atomic E-state index is -0.126. The van der Waals surface area contributed by atoms with Gasteiger partial charge in [0.1, 0.15) is 5.01 Å². The first-order chi connectivity index (χ1) is 19.8. The maximum atomic E-state index is 14.6. The van der Waals surface area contributed by atoms with E-state index < -0.39 is 0 Å². The normalized spacial score (nSPS) is 13.7. The van der Waals surface area contributed by atoms with E-state index in [1.807, 2.05) is 45.2 Å². The molecule has 1 aliphatic rings. The van der Waals surface area contributed by atoms with Crippen molar-refractivity contribution < 1.29 is 4.79 Å². The maximum Gasteiger partial charge on any atom is 0.264 e. The zero-order valence-electron chi connectivity index (χ0n) is 24.4. The average Bonchev–Trinajstić information content (AvgIpc) is 3.47. The molecule has 1 aliphatic heterocycles. The van der Waals surface area contributed by atoms with Crippen molar-refractivity contribution in [2.75, 3.05) is 13.1 Å². The maximum absolute atomic E-state index is 14.6. The number of hydrogen-bond donors (Lipinski definition) is 0. The molecule has 1 amide bonds. The number of thiazole rings is 1. The monoisotopic (exact) mass is 587 g/mol. The molecular formula is C34H38ClN3O2S. The van der Waals surface area contributed by atoms with Gasteiger partial charge in [0, 0.05) is 34.7 Å². The highest BCUT2D eigenvalue weighted by atomic mass is 35.5. The molecule has 0 unspecified atom stereocenters. The Hall–Kier alpha value is -3.22. The average molecular weight is 588 g/mol. The van der Waals surface area contributed by atoms with E-state index in [1.54, 1.807) is 0 Å². The van der Waals surface area contributed by atoms with E-state index >= 15 is 0 Å². The molecule has 2 aromatic carbocycles. The van der Waals surface area contributed by atoms with Gasteiger partial charge >= 0.3 is 0 Å². The van der Waals surface area contributed by atoms with Gasteiger partial charge in [-0.1, -0.05) is 69.6 Å². The number of amides is 1. The van der Waals surface area contributed by atoms with Crippen molar-refractivity contribution in [2.24, 2.45) is 5.92 Å². The zero-order chi connectivity index (χ0) is 29.1. The molecule has 7 heteroatoms. The van der Waals surface area contributed by atoms with Crippen LogP contribution < -0.4 is 5.56 Å². The lowest BCUT2D eigenvalue weighted by molar-refractivity contribution is 0.0722. The number of benzene rings is 2. The summed E-state index contributed by atoms with van der Waals surface area (Å²) < 4.78 is 1.87. The Balaban J connectivity index is 1.80. The SMILES string of the molecule is CCc1cccc(CC)c1-n1c(CC(C)C)c(C(=O)N2CCCCC2)cc(-c2csc(-c3ccc(Cl)cc3)n2)c1=O. The molecule has 4 aromatic rings. The Morgan fingerprint density at radius 1 is 1.00 bits per heavy atom. The molecule has 0 bridgehead atoms. The summed E-state index contributed by atoms with van der Waals surface area (Å²) in [5.74, 6) is 0.268. The highest BCUT2D eigenvalue weighted by Gasteiger charge is 2.28. The lowest BCUT2D eigenvalue weighted by Crippen LogP contribution is -2.38. The van der Waals surface area contributed by atoms with Gasteiger partial charge in [-0.15, -0.1) is 11.3 Å². The second kappa shape index (κ2) is 12.7. The molecule has 0 spiro atoms. The largest absolute Gasteiger partial charge is 0.339 e. The summed E-state index contributed by atoms with van der Waals surface area (Å²) in [6.07, 6.45) is 5.35. The molecule has 0 saturated carbocycles. The number of nitrogens with zero attached hydrogens (tertiary/aromatic N) is 3. The van der Waals surface area contributed by atoms with Crippen LogP contribution in [0.2, 0.25) is 5.02 Å². The highest BCUT2D eigenvalue weighted by Crippen LogP contribution is 2.32. The van der Waals surface area contributed by atoms with E-state index in [-0.39, 0.29) is 17.4 Å². The van der Waals surface area contributed by atoms with E-state index in [2.05, 4.69) is 45.9 Å². The number of halogens is 1. The van der Waals surface area contributed by atoms with Crippen molar-refractivity contribution in [1.82, 2.24) is 14.5 Å². The Morgan fingerprint density at radius 3 is 2.27 bits per heavy atom. The van der Waals surface area contributed by atoms with Crippen LogP contribution in [0.4, 0.5) is 0 Å². The van der Waals surface area contributed by atoms with Crippen LogP contribution >= 0.6 is 22.9 Å². The van der Waals surface area contributed by atoms with Crippen molar-refractivity contribution in [3.05, 3.63) is 91.7 Å². The molecule has 2 aromatic heterocycles. The first-order valence-corrected chi connectivity index (χ1v) is 16.0. The number of piperidine rings is 1. The number of para-hydroxylation sites is 1. The number of carbonyl (C=O) groups is 1. The van der Waals surface area contributed by atoms with Crippen LogP contribution in [0.3, 0.4) is 0 Å². The van der Waals surface area contributed by atoms with Crippen molar-refractivity contribution >= 4 is 28.8 Å². The van der Waals surface area contributed by atoms with Crippen molar-refractivity contribution in [3.8, 4) is 27.5 Å². The molecular weight excluding hydrogens is 550 g/mol. The minimum Gasteiger partial charge on any atom is -0.339 e. The van der Waals surface area contributed by atoms with Gasteiger partial charge in [0.05, 0.1) is 22.5 Å². The third kappa shape index (κ3) is 6.05. The Kier molecular flexibility index (Phi) is 9.10. The van der Waals surface area contributed by atoms with Crippen LogP contribution in [0.1, 0.15) is 74.1 Å². The van der Waals surface area contributed by atoms with E-state index in [0.717, 1.165) is 78.3 Å². The lowest BCUT2D eigenvalue weighted by atomic mass is 9.96. The van der Waals surface area contributed by atoms with Gasteiger partial charge in [-0.2, -0.15) is 0 Å². The van der Waals surface area contributed by atoms with Crippen LogP contribution in [-0.4, -0.2) is 33.4 Å². The van der Waals surface area contributed by atoms with Gasteiger partial charge in [0.15, 0.2) is 0 Å². The number of likely N-dealkylation sites (tertiary alicyclic amines) is 1. The molecule has 41 heavy (non-hydrogen) atoms. The minimum absolute atomic E-state index is 0.00975. The number of carbonyl (C=O) groups excluding carboxylic acids is 1. The highest BCUT2D eigenvalue weighted by molar-refractivity contribution is 7.13. The van der Waals surface area contributed by atoms with Crippen molar-refractivity contribution in [2.45, 2.75) is 66.2 Å². The predicted molar refractivity (Wildman–Crippen MR) is 171 cm³/mol. The van der Waals surface area contributed by atoms with Gasteiger partial charge in [-0.3, -0.25) is 14.2 Å². The summed E-state index contributed by atoms with van der Waals surface area (Å²) in [6.45, 7) is 10.0. The summed E-state index contributed by atoms with van der Waals surface area (Å²) in [5, 5.41) is 3.40. The van der Waals surface area contributed by atoms with Crippen LogP contribution in [0, 0.1) is 5.92 Å². The lowest BCUT2D eigenvalue weighted by Gasteiger charge is -2.29. The van der Waals surface area contributed by atoms with Gasteiger partial charge in [-0.05, 0) is 73.8 Å². The van der Waals surface area contributed by atoms with Crippen LogP contribution in [0.25, 0.3) is 27.5 Å². The fourth-order valence-electron chi connectivity index (χ4n) is 5.74. The first kappa shape index (κ1) is 29.3. The summed E-state index contributed by atoms with van der Waals surface area (Å²) in [5.41, 5.74) is 6.40. The molecule has 1 saturated heterocycles. The Morgan fingerprint density at radius 2 is 1.66 bits per heavy atom. The quantitative estimate of drug-likeness (QED) is 0.209. The third-order valence-electron chi connectivity index (χ3n) is 7.84. The fraction of sp³-hybridized carbons (Fsp3) is 0.382. The predicted octanol–water partition coefficient (Wildman–Crippen LogP) is 8.23. The molecule has 0 radical (unpaired) electrons. The van der Waals surface area contributed by atoms with E-state index in [4.69, 9.17) is 16.6 Å². The molecule has 0 aliphatic carbocycles. The standard InChI is InChI=1S/C34H38ClN3O2S/c1-5-23-11-10-12-24(6-2)31(23)38-30(19-22(3)4)28(33(39)37-17-8-7-9-18-37)20-27(34(38)40)29-21-41-32(36-29)25-13-15-26(35)16-14-25/h10-16,20-22H,5-9,17-19H2,1-4H3. The van der Waals surface area contributed by atoms with Gasteiger partial charge in [0.2, 0.25) is 0 Å². The molecule has 0 atom stereocenters. The smallest absolute Gasteiger partial charge is 0.264 e. The summed E-state index contributed by atoms with van der Waals surface area (Å²) in [7, 11) is 0. The Bertz CT molecular complexity index is 1580. The topological polar surface area (TPSA) is 55.2 Å². The number of aromatic nitrogens is 2. The zero-order valence-corrected chi connectivity index (χ0v) is 25.9. The van der Waals surface area contributed by atoms with Crippen LogP contribution in [0.15, 0.2) is 58.7 Å². The molecule has 214 valence electrons. The number of pyridine rings is 1. The van der Waals surface area contributed by atoms with Gasteiger partial charge in [0.25, 0.3) is 11.5 Å². The second-order valence-corrected chi connectivity index (χ2v) is 12.5. The van der Waals surface area contributed by atoms with Crippen LogP contribution in [0.5, 0.6) is 0 Å². The molecule has 5 rings (SSSR count). The fourth-order valence-corrected chi connectivity index (χ4v) is 6.69. The van der Waals surface area contributed by atoms with Gasteiger partial charge in [-0.25, -0.2) is 4.98 Å². The summed E-state index contributed by atoms with van der Waals surface area (Å²) in [6, 6.07) is 15.6. The second-order valence-electron chi connectivity index (χ2n) is 11.2. The third-order valence-corrected chi connectivity index (χ3v) is 8.98. The molecule has 5 nitrogen and oxygen atoms in total. The molecule has 1 fully saturated rings. The summed E-state index contributed by atoms with van der Waals surface area (Å²) >= 11 is 7.60. The van der Waals surface area contributed by atoms with Crippen LogP contribution in [-0.2, 0) is 19.3 Å². The molecule has 0 N–H and O–H groups in total. The number of rotatable bonds is 8. The Labute approximate surface area is 251 Å². The van der Waals surface area contributed by atoms with E-state index in [1.165, 1.54) is 11.3 Å². The van der Waals surface area contributed by atoms with Crippen molar-refractivity contribution in [1.29, 1.82) is 0 Å². The van der Waals surface area contributed by atoms with E-state index in [0.29, 0.717) is 28.3 Å². The first-order valence-electron chi connectivity index (χ1n) is 14.7. The molecule has 3 heterocycles. The van der Waals surface area contributed by atoms with E-state index in [9.17, 15) is 9.59 Å².